The first-order valence-corrected chi connectivity index (χ1v) is 14.3. The first-order valence-electron chi connectivity index (χ1n) is 11.9. The summed E-state index contributed by atoms with van der Waals surface area (Å²) in [4.78, 5) is 18.0. The molecule has 3 aliphatic rings. The van der Waals surface area contributed by atoms with Crippen LogP contribution in [0.1, 0.15) is 67.4 Å². The van der Waals surface area contributed by atoms with E-state index in [1.807, 2.05) is 6.92 Å². The fraction of sp³-hybridized carbons (Fsp3) is 0.560. The third kappa shape index (κ3) is 4.01. The van der Waals surface area contributed by atoms with Gasteiger partial charge in [-0.15, -0.1) is 11.3 Å². The topological polar surface area (TPSA) is 94.8 Å². The number of oxime groups is 1. The molecule has 1 aromatic carbocycles. The average Bonchev–Trinajstić information content (AvgIpc) is 3.35. The summed E-state index contributed by atoms with van der Waals surface area (Å²) in [6.07, 6.45) is 7.68. The SMILES string of the molecule is Cc1cnc(NC(=O)CC[C@@H]2CC(=NO)[C@@]3(C)CCC4c5cc(Br)c(O)c(Br)c5CCC4C23)s1. The molecule has 5 rings (SSSR count). The number of hydrogen-bond acceptors (Lipinski definition) is 6. The van der Waals surface area contributed by atoms with Gasteiger partial charge in [0.05, 0.1) is 14.7 Å². The highest BCUT2D eigenvalue weighted by atomic mass is 79.9. The molecule has 5 atom stereocenters. The monoisotopic (exact) mass is 609 g/mol. The lowest BCUT2D eigenvalue weighted by Crippen LogP contribution is -2.44. The number of anilines is 1. The van der Waals surface area contributed by atoms with Crippen LogP contribution in [0.5, 0.6) is 5.75 Å². The minimum absolute atomic E-state index is 0.00451. The number of aromatic hydroxyl groups is 1. The van der Waals surface area contributed by atoms with Crippen LogP contribution in [-0.4, -0.2) is 26.9 Å². The number of phenolic OH excluding ortho intramolecular Hbond substituents is 1. The van der Waals surface area contributed by atoms with Crippen molar-refractivity contribution in [2.45, 2.75) is 64.7 Å². The Morgan fingerprint density at radius 3 is 2.88 bits per heavy atom. The summed E-state index contributed by atoms with van der Waals surface area (Å²) in [7, 11) is 0. The number of nitrogens with one attached hydrogen (secondary N) is 1. The number of halogens is 2. The molecule has 2 aromatic rings. The van der Waals surface area contributed by atoms with E-state index in [9.17, 15) is 15.1 Å². The van der Waals surface area contributed by atoms with E-state index in [2.05, 4.69) is 60.3 Å². The number of amides is 1. The van der Waals surface area contributed by atoms with E-state index in [0.29, 0.717) is 35.2 Å². The number of aryl methyl sites for hydroxylation is 1. The number of carbonyl (C=O) groups excluding carboxylic acids is 1. The molecule has 3 aliphatic carbocycles. The summed E-state index contributed by atoms with van der Waals surface area (Å²) in [6, 6.07) is 2.10. The van der Waals surface area contributed by atoms with Crippen LogP contribution >= 0.6 is 43.2 Å². The van der Waals surface area contributed by atoms with Crippen molar-refractivity contribution in [3.8, 4) is 5.75 Å². The van der Waals surface area contributed by atoms with Crippen molar-refractivity contribution in [2.24, 2.45) is 28.3 Å². The van der Waals surface area contributed by atoms with Gasteiger partial charge < -0.3 is 15.6 Å². The Morgan fingerprint density at radius 2 is 2.18 bits per heavy atom. The van der Waals surface area contributed by atoms with Gasteiger partial charge in [0.25, 0.3) is 0 Å². The molecule has 6 nitrogen and oxygen atoms in total. The maximum atomic E-state index is 12.7. The molecule has 0 saturated heterocycles. The van der Waals surface area contributed by atoms with Crippen molar-refractivity contribution in [3.05, 3.63) is 37.2 Å². The number of benzene rings is 1. The number of hydrogen-bond donors (Lipinski definition) is 3. The average molecular weight is 611 g/mol. The summed E-state index contributed by atoms with van der Waals surface area (Å²) >= 11 is 8.64. The van der Waals surface area contributed by atoms with Gasteiger partial charge in [0.1, 0.15) is 5.75 Å². The van der Waals surface area contributed by atoms with Gasteiger partial charge >= 0.3 is 0 Å². The molecule has 9 heteroatoms. The molecular weight excluding hydrogens is 582 g/mol. The maximum Gasteiger partial charge on any atom is 0.226 e. The number of phenols is 1. The Hall–Kier alpha value is -1.45. The van der Waals surface area contributed by atoms with Crippen molar-refractivity contribution in [3.63, 3.8) is 0 Å². The van der Waals surface area contributed by atoms with Crippen molar-refractivity contribution in [1.29, 1.82) is 0 Å². The van der Waals surface area contributed by atoms with Crippen LogP contribution in [0.25, 0.3) is 0 Å². The zero-order valence-electron chi connectivity index (χ0n) is 19.3. The van der Waals surface area contributed by atoms with Gasteiger partial charge in [0.15, 0.2) is 5.13 Å². The number of thiazole rings is 1. The summed E-state index contributed by atoms with van der Waals surface area (Å²) in [5.41, 5.74) is 3.30. The Labute approximate surface area is 220 Å². The molecule has 1 heterocycles. The third-order valence-electron chi connectivity index (χ3n) is 8.50. The molecule has 34 heavy (non-hydrogen) atoms. The number of fused-ring (bicyclic) bond motifs is 5. The quantitative estimate of drug-likeness (QED) is 0.256. The second-order valence-corrected chi connectivity index (χ2v) is 13.1. The van der Waals surface area contributed by atoms with Crippen LogP contribution in [0.3, 0.4) is 0 Å². The second kappa shape index (κ2) is 9.21. The van der Waals surface area contributed by atoms with Crippen molar-refractivity contribution in [1.82, 2.24) is 4.98 Å². The summed E-state index contributed by atoms with van der Waals surface area (Å²) in [5.74, 6) is 1.80. The zero-order valence-corrected chi connectivity index (χ0v) is 23.3. The highest BCUT2D eigenvalue weighted by Crippen LogP contribution is 2.63. The molecule has 0 spiro atoms. The molecule has 0 radical (unpaired) electrons. The minimum Gasteiger partial charge on any atom is -0.506 e. The Morgan fingerprint density at radius 1 is 1.38 bits per heavy atom. The normalized spacial score (nSPS) is 31.1. The lowest BCUT2D eigenvalue weighted by molar-refractivity contribution is -0.116. The number of carbonyl (C=O) groups is 1. The smallest absolute Gasteiger partial charge is 0.226 e. The molecule has 1 amide bonds. The van der Waals surface area contributed by atoms with Gasteiger partial charge in [0.2, 0.25) is 5.91 Å². The predicted molar refractivity (Wildman–Crippen MR) is 141 cm³/mol. The van der Waals surface area contributed by atoms with E-state index in [0.717, 1.165) is 58.1 Å². The minimum atomic E-state index is -0.133. The lowest BCUT2D eigenvalue weighted by atomic mass is 9.54. The largest absolute Gasteiger partial charge is 0.506 e. The molecule has 0 bridgehead atoms. The first kappa shape index (κ1) is 24.3. The van der Waals surface area contributed by atoms with E-state index >= 15 is 0 Å². The lowest BCUT2D eigenvalue weighted by Gasteiger charge is -2.50. The molecule has 3 unspecified atom stereocenters. The van der Waals surface area contributed by atoms with Gasteiger partial charge in [0, 0.05) is 22.9 Å². The summed E-state index contributed by atoms with van der Waals surface area (Å²) < 4.78 is 1.53. The number of nitrogens with zero attached hydrogens (tertiary/aromatic N) is 2. The van der Waals surface area contributed by atoms with Gasteiger partial charge in [-0.1, -0.05) is 12.1 Å². The van der Waals surface area contributed by atoms with Gasteiger partial charge in [-0.05, 0) is 118 Å². The van der Waals surface area contributed by atoms with Crippen molar-refractivity contribution >= 4 is 59.9 Å². The number of rotatable bonds is 4. The van der Waals surface area contributed by atoms with Crippen molar-refractivity contribution < 1.29 is 15.1 Å². The summed E-state index contributed by atoms with van der Waals surface area (Å²) in [6.45, 7) is 4.24. The van der Waals surface area contributed by atoms with Gasteiger partial charge in [-0.25, -0.2) is 4.98 Å². The molecule has 1 aromatic heterocycles. The van der Waals surface area contributed by atoms with Gasteiger partial charge in [-0.2, -0.15) is 0 Å². The standard InChI is InChI=1S/C25H29Br2N3O3S/c1-12-11-28-24(34-12)29-20(31)6-3-13-9-19(30-33)25(2)8-7-14-15(21(13)25)4-5-16-17(14)10-18(26)23(32)22(16)27/h10-11,13-15,21,32-33H,3-9H2,1-2H3,(H,28,29,31)/t13-,14?,15?,21?,25-/m1/s1. The Balaban J connectivity index is 1.39. The fourth-order valence-electron chi connectivity index (χ4n) is 7.05. The van der Waals surface area contributed by atoms with E-state index in [-0.39, 0.29) is 17.1 Å². The van der Waals surface area contributed by atoms with Crippen LogP contribution in [0.15, 0.2) is 26.4 Å². The maximum absolute atomic E-state index is 12.7. The second-order valence-electron chi connectivity index (χ2n) is 10.3. The van der Waals surface area contributed by atoms with E-state index in [1.165, 1.54) is 22.5 Å². The highest BCUT2D eigenvalue weighted by Gasteiger charge is 2.57. The first-order chi connectivity index (χ1) is 16.2. The predicted octanol–water partition coefficient (Wildman–Crippen LogP) is 7.01. The van der Waals surface area contributed by atoms with Crippen LogP contribution in [0, 0.1) is 30.1 Å². The summed E-state index contributed by atoms with van der Waals surface area (Å²) in [5, 5.41) is 27.6. The molecule has 0 aliphatic heterocycles. The Kier molecular flexibility index (Phi) is 6.57. The molecule has 3 N–H and O–H groups in total. The van der Waals surface area contributed by atoms with Gasteiger partial charge in [-0.3, -0.25) is 4.79 Å². The highest BCUT2D eigenvalue weighted by molar-refractivity contribution is 9.11. The third-order valence-corrected chi connectivity index (χ3v) is 10.8. The molecular formula is C25H29Br2N3O3S. The fourth-order valence-corrected chi connectivity index (χ4v) is 9.08. The zero-order chi connectivity index (χ0) is 24.2. The van der Waals surface area contributed by atoms with E-state index < -0.39 is 0 Å². The van der Waals surface area contributed by atoms with Crippen LogP contribution in [-0.2, 0) is 11.2 Å². The van der Waals surface area contributed by atoms with E-state index in [4.69, 9.17) is 0 Å². The number of aromatic nitrogens is 1. The van der Waals surface area contributed by atoms with Crippen molar-refractivity contribution in [2.75, 3.05) is 5.32 Å². The Bertz CT molecular complexity index is 1170. The van der Waals surface area contributed by atoms with Crippen LogP contribution < -0.4 is 5.32 Å². The van der Waals surface area contributed by atoms with Crippen LogP contribution in [0.2, 0.25) is 0 Å². The molecule has 182 valence electrons. The molecule has 2 fully saturated rings. The van der Waals surface area contributed by atoms with E-state index in [1.54, 1.807) is 6.20 Å². The molecule has 2 saturated carbocycles. The van der Waals surface area contributed by atoms with Crippen LogP contribution in [0.4, 0.5) is 5.13 Å².